The molecule has 0 atom stereocenters. The Kier molecular flexibility index (Phi) is 2.96. The Bertz CT molecular complexity index is 346. The summed E-state index contributed by atoms with van der Waals surface area (Å²) < 4.78 is 5.77. The van der Waals surface area contributed by atoms with Gasteiger partial charge < -0.3 is 4.74 Å². The summed E-state index contributed by atoms with van der Waals surface area (Å²) in [6, 6.07) is 3.37. The van der Waals surface area contributed by atoms with Gasteiger partial charge in [0.15, 0.2) is 0 Å². The van der Waals surface area contributed by atoms with Crippen LogP contribution in [0.15, 0.2) is 16.6 Å². The number of methoxy groups -OCH3 is 1. The largest absolute Gasteiger partial charge is 0.508 e. The van der Waals surface area contributed by atoms with Crippen LogP contribution < -0.4 is 4.74 Å². The zero-order valence-electron chi connectivity index (χ0n) is 6.27. The molecule has 0 saturated carbocycles. The topological polar surface area (TPSA) is 13.6 Å². The van der Waals surface area contributed by atoms with Gasteiger partial charge in [-0.05, 0) is 12.1 Å². The highest BCUT2D eigenvalue weighted by Gasteiger charge is 2.08. The standard InChI is InChI=1S/C8H5BrClNO/c1-11-8-6(10)3-5(9)4-7(8)12-2/h3-4H,2H3. The van der Waals surface area contributed by atoms with Crippen LogP contribution in [-0.2, 0) is 0 Å². The van der Waals surface area contributed by atoms with Gasteiger partial charge in [0, 0.05) is 4.47 Å². The average Bonchev–Trinajstić information content (AvgIpc) is 2.03. The molecule has 0 aliphatic rings. The summed E-state index contributed by atoms with van der Waals surface area (Å²) in [5.74, 6) is 0.490. The van der Waals surface area contributed by atoms with Crippen molar-refractivity contribution in [2.24, 2.45) is 0 Å². The summed E-state index contributed by atoms with van der Waals surface area (Å²) in [7, 11) is 1.51. The van der Waals surface area contributed by atoms with Gasteiger partial charge in [-0.3, -0.25) is 0 Å². The van der Waals surface area contributed by atoms with E-state index >= 15 is 0 Å². The van der Waals surface area contributed by atoms with E-state index in [0.29, 0.717) is 16.5 Å². The van der Waals surface area contributed by atoms with Gasteiger partial charge in [0.05, 0.1) is 18.7 Å². The summed E-state index contributed by atoms with van der Waals surface area (Å²) in [5.41, 5.74) is 0.349. The van der Waals surface area contributed by atoms with Crippen molar-refractivity contribution in [1.29, 1.82) is 0 Å². The van der Waals surface area contributed by atoms with Crippen LogP contribution in [0.4, 0.5) is 5.69 Å². The second-order valence-corrected chi connectivity index (χ2v) is 3.37. The number of rotatable bonds is 1. The molecular formula is C8H5BrClNO. The fourth-order valence-corrected chi connectivity index (χ4v) is 1.63. The van der Waals surface area contributed by atoms with Crippen LogP contribution in [0.1, 0.15) is 0 Å². The second-order valence-electron chi connectivity index (χ2n) is 2.05. The first-order valence-corrected chi connectivity index (χ1v) is 4.26. The number of nitrogens with zero attached hydrogens (tertiary/aromatic N) is 1. The van der Waals surface area contributed by atoms with E-state index in [1.165, 1.54) is 7.11 Å². The maximum atomic E-state index is 6.84. The lowest BCUT2D eigenvalue weighted by atomic mass is 10.3. The van der Waals surface area contributed by atoms with Crippen molar-refractivity contribution in [2.45, 2.75) is 0 Å². The molecule has 62 valence electrons. The highest BCUT2D eigenvalue weighted by atomic mass is 79.9. The maximum absolute atomic E-state index is 6.84. The lowest BCUT2D eigenvalue weighted by Crippen LogP contribution is -1.83. The van der Waals surface area contributed by atoms with Crippen LogP contribution >= 0.6 is 27.5 Å². The van der Waals surface area contributed by atoms with Gasteiger partial charge in [-0.15, -0.1) is 0 Å². The molecule has 0 bridgehead atoms. The Morgan fingerprint density at radius 3 is 2.75 bits per heavy atom. The highest BCUT2D eigenvalue weighted by Crippen LogP contribution is 2.37. The molecule has 0 unspecified atom stereocenters. The molecule has 0 fully saturated rings. The predicted molar refractivity (Wildman–Crippen MR) is 52.0 cm³/mol. The van der Waals surface area contributed by atoms with Crippen molar-refractivity contribution < 1.29 is 4.74 Å². The van der Waals surface area contributed by atoms with Crippen molar-refractivity contribution >= 4 is 33.2 Å². The molecule has 0 radical (unpaired) electrons. The molecule has 4 heteroatoms. The molecule has 2 nitrogen and oxygen atoms in total. The SMILES string of the molecule is [C-]#[N+]c1c(Cl)cc(Br)cc1OC. The van der Waals surface area contributed by atoms with Crippen LogP contribution in [0.25, 0.3) is 4.85 Å². The van der Waals surface area contributed by atoms with Crippen LogP contribution in [-0.4, -0.2) is 7.11 Å². The van der Waals surface area contributed by atoms with E-state index in [2.05, 4.69) is 20.8 Å². The average molecular weight is 246 g/mol. The van der Waals surface area contributed by atoms with E-state index in [-0.39, 0.29) is 0 Å². The molecule has 0 spiro atoms. The summed E-state index contributed by atoms with van der Waals surface area (Å²) >= 11 is 9.04. The van der Waals surface area contributed by atoms with Gasteiger partial charge in [-0.1, -0.05) is 27.5 Å². The molecule has 0 aliphatic heterocycles. The van der Waals surface area contributed by atoms with Crippen molar-refractivity contribution in [3.63, 3.8) is 0 Å². The molecule has 1 aromatic carbocycles. The third-order valence-corrected chi connectivity index (χ3v) is 2.07. The van der Waals surface area contributed by atoms with Gasteiger partial charge >= 0.3 is 0 Å². The van der Waals surface area contributed by atoms with Crippen LogP contribution in [0, 0.1) is 6.57 Å². The Morgan fingerprint density at radius 2 is 2.25 bits per heavy atom. The molecule has 1 aromatic rings. The Morgan fingerprint density at radius 1 is 1.58 bits per heavy atom. The molecule has 12 heavy (non-hydrogen) atoms. The molecule has 0 saturated heterocycles. The molecule has 0 N–H and O–H groups in total. The first kappa shape index (κ1) is 9.37. The third kappa shape index (κ3) is 1.71. The minimum absolute atomic E-state index is 0.349. The molecular weight excluding hydrogens is 241 g/mol. The first-order chi connectivity index (χ1) is 5.69. The second kappa shape index (κ2) is 3.79. The minimum atomic E-state index is 0.349. The number of hydrogen-bond donors (Lipinski definition) is 0. The molecule has 0 amide bonds. The quantitative estimate of drug-likeness (QED) is 0.690. The Hall–Kier alpha value is -0.720. The zero-order valence-corrected chi connectivity index (χ0v) is 8.61. The molecule has 0 aliphatic carbocycles. The lowest BCUT2D eigenvalue weighted by molar-refractivity contribution is 0.417. The lowest BCUT2D eigenvalue weighted by Gasteiger charge is -2.04. The molecule has 1 rings (SSSR count). The Labute approximate surface area is 84.0 Å². The van der Waals surface area contributed by atoms with Crippen molar-refractivity contribution in [1.82, 2.24) is 0 Å². The third-order valence-electron chi connectivity index (χ3n) is 1.32. The van der Waals surface area contributed by atoms with Crippen molar-refractivity contribution in [3.05, 3.63) is 33.0 Å². The fraction of sp³-hybridized carbons (Fsp3) is 0.125. The van der Waals surface area contributed by atoms with E-state index in [1.54, 1.807) is 12.1 Å². The highest BCUT2D eigenvalue weighted by molar-refractivity contribution is 9.10. The van der Waals surface area contributed by atoms with Gasteiger partial charge in [-0.25, -0.2) is 4.85 Å². The van der Waals surface area contributed by atoms with Gasteiger partial charge in [-0.2, -0.15) is 0 Å². The van der Waals surface area contributed by atoms with Crippen LogP contribution in [0.3, 0.4) is 0 Å². The fourth-order valence-electron chi connectivity index (χ4n) is 0.806. The van der Waals surface area contributed by atoms with E-state index < -0.39 is 0 Å². The predicted octanol–water partition coefficient (Wildman–Crippen LogP) is 3.66. The van der Waals surface area contributed by atoms with E-state index in [1.807, 2.05) is 0 Å². The number of ether oxygens (including phenoxy) is 1. The van der Waals surface area contributed by atoms with Gasteiger partial charge in [0.1, 0.15) is 5.75 Å². The van der Waals surface area contributed by atoms with E-state index in [4.69, 9.17) is 22.9 Å². The minimum Gasteiger partial charge on any atom is -0.508 e. The number of benzene rings is 1. The Balaban J connectivity index is 3.36. The van der Waals surface area contributed by atoms with E-state index in [9.17, 15) is 0 Å². The van der Waals surface area contributed by atoms with E-state index in [0.717, 1.165) is 4.47 Å². The summed E-state index contributed by atoms with van der Waals surface area (Å²) in [6.07, 6.45) is 0. The molecule has 0 aromatic heterocycles. The van der Waals surface area contributed by atoms with Crippen molar-refractivity contribution in [2.75, 3.05) is 7.11 Å². The normalized spacial score (nSPS) is 9.17. The van der Waals surface area contributed by atoms with Gasteiger partial charge in [0.2, 0.25) is 5.69 Å². The van der Waals surface area contributed by atoms with Crippen LogP contribution in [0.5, 0.6) is 5.75 Å². The van der Waals surface area contributed by atoms with Crippen molar-refractivity contribution in [3.8, 4) is 5.75 Å². The number of halogens is 2. The summed E-state index contributed by atoms with van der Waals surface area (Å²) in [4.78, 5) is 3.25. The maximum Gasteiger partial charge on any atom is 0.246 e. The van der Waals surface area contributed by atoms with Crippen LogP contribution in [0.2, 0.25) is 5.02 Å². The zero-order chi connectivity index (χ0) is 9.14. The van der Waals surface area contributed by atoms with Gasteiger partial charge in [0.25, 0.3) is 0 Å². The monoisotopic (exact) mass is 245 g/mol. The summed E-state index contributed by atoms with van der Waals surface area (Å²) in [6.45, 7) is 6.84. The smallest absolute Gasteiger partial charge is 0.246 e. The molecule has 0 heterocycles. The number of hydrogen-bond acceptors (Lipinski definition) is 1. The summed E-state index contributed by atoms with van der Waals surface area (Å²) in [5, 5.41) is 0.399. The first-order valence-electron chi connectivity index (χ1n) is 3.09.